The Hall–Kier alpha value is -2.85. The summed E-state index contributed by atoms with van der Waals surface area (Å²) in [6.07, 6.45) is 4.75. The Morgan fingerprint density at radius 3 is 2.50 bits per heavy atom. The largest absolute Gasteiger partial charge is 0.497 e. The number of amides is 1. The molecule has 1 saturated heterocycles. The Balaban J connectivity index is 1.58. The maximum Gasteiger partial charge on any atom is 0.265 e. The van der Waals surface area contributed by atoms with E-state index in [0.717, 1.165) is 32.4 Å². The van der Waals surface area contributed by atoms with Gasteiger partial charge in [0.2, 0.25) is 0 Å². The van der Waals surface area contributed by atoms with Crippen molar-refractivity contribution in [3.05, 3.63) is 47.1 Å². The van der Waals surface area contributed by atoms with Crippen molar-refractivity contribution >= 4 is 33.0 Å². The van der Waals surface area contributed by atoms with E-state index >= 15 is 0 Å². The highest BCUT2D eigenvalue weighted by Crippen LogP contribution is 2.32. The van der Waals surface area contributed by atoms with Gasteiger partial charge in [-0.1, -0.05) is 0 Å². The third kappa shape index (κ3) is 4.51. The molecule has 2 aromatic heterocycles. The number of benzene rings is 1. The van der Waals surface area contributed by atoms with Crippen LogP contribution in [0.5, 0.6) is 5.75 Å². The smallest absolute Gasteiger partial charge is 0.265 e. The molecule has 1 aliphatic rings. The van der Waals surface area contributed by atoms with Gasteiger partial charge in [-0.25, -0.2) is 13.4 Å². The zero-order chi connectivity index (χ0) is 22.9. The van der Waals surface area contributed by atoms with E-state index in [1.54, 1.807) is 55.3 Å². The zero-order valence-corrected chi connectivity index (χ0v) is 19.9. The first kappa shape index (κ1) is 22.3. The minimum atomic E-state index is -3.79. The van der Waals surface area contributed by atoms with E-state index in [1.165, 1.54) is 11.3 Å². The Bertz CT molecular complexity index is 1220. The van der Waals surface area contributed by atoms with Gasteiger partial charge in [0, 0.05) is 32.0 Å². The van der Waals surface area contributed by atoms with Crippen molar-refractivity contribution in [3.8, 4) is 16.5 Å². The predicted octanol–water partition coefficient (Wildman–Crippen LogP) is 3.89. The SMILES string of the molecule is COc1ccc(NS(=O)(=O)c2cc(-c3nc(C)c(C(=O)N4CCCCC4)s3)n(C)c2)cc1. The van der Waals surface area contributed by atoms with Gasteiger partial charge in [0.1, 0.15) is 20.5 Å². The molecule has 170 valence electrons. The Labute approximate surface area is 191 Å². The number of methoxy groups -OCH3 is 1. The number of ether oxygens (including phenoxy) is 1. The number of hydrogen-bond acceptors (Lipinski definition) is 6. The Morgan fingerprint density at radius 1 is 1.16 bits per heavy atom. The summed E-state index contributed by atoms with van der Waals surface area (Å²) in [5.41, 5.74) is 1.75. The first-order valence-electron chi connectivity index (χ1n) is 10.4. The van der Waals surface area contributed by atoms with Gasteiger partial charge in [-0.05, 0) is 56.5 Å². The van der Waals surface area contributed by atoms with E-state index < -0.39 is 10.0 Å². The van der Waals surface area contributed by atoms with Gasteiger partial charge in [-0.3, -0.25) is 9.52 Å². The van der Waals surface area contributed by atoms with Crippen molar-refractivity contribution in [2.45, 2.75) is 31.1 Å². The fraction of sp³-hybridized carbons (Fsp3) is 0.364. The number of nitrogens with zero attached hydrogens (tertiary/aromatic N) is 3. The molecule has 0 atom stereocenters. The number of rotatable bonds is 6. The number of aryl methyl sites for hydroxylation is 2. The van der Waals surface area contributed by atoms with Crippen LogP contribution in [0.2, 0.25) is 0 Å². The van der Waals surface area contributed by atoms with Gasteiger partial charge in [0.05, 0.1) is 18.5 Å². The van der Waals surface area contributed by atoms with Crippen LogP contribution in [0.25, 0.3) is 10.7 Å². The third-order valence-electron chi connectivity index (χ3n) is 5.49. The number of piperidine rings is 1. The fourth-order valence-electron chi connectivity index (χ4n) is 3.71. The highest BCUT2D eigenvalue weighted by atomic mass is 32.2. The molecule has 1 aliphatic heterocycles. The minimum absolute atomic E-state index is 0.00850. The standard InChI is InChI=1S/C22H26N4O4S2/c1-15-20(22(27)26-11-5-4-6-12-26)31-21(23-15)19-13-18(14-25(19)2)32(28,29)24-16-7-9-17(30-3)10-8-16/h7-10,13-14,24H,4-6,11-12H2,1-3H3. The molecule has 3 aromatic rings. The number of carbonyl (C=O) groups is 1. The van der Waals surface area contributed by atoms with Crippen molar-refractivity contribution in [2.75, 3.05) is 24.9 Å². The van der Waals surface area contributed by atoms with Crippen molar-refractivity contribution in [1.82, 2.24) is 14.5 Å². The topological polar surface area (TPSA) is 93.5 Å². The summed E-state index contributed by atoms with van der Waals surface area (Å²) < 4.78 is 35.2. The van der Waals surface area contributed by atoms with E-state index in [-0.39, 0.29) is 10.8 Å². The van der Waals surface area contributed by atoms with Gasteiger partial charge in [0.15, 0.2) is 0 Å². The molecule has 8 nitrogen and oxygen atoms in total. The summed E-state index contributed by atoms with van der Waals surface area (Å²) in [5, 5.41) is 0.622. The van der Waals surface area contributed by atoms with Gasteiger partial charge >= 0.3 is 0 Å². The van der Waals surface area contributed by atoms with Gasteiger partial charge < -0.3 is 14.2 Å². The second kappa shape index (κ2) is 8.95. The summed E-state index contributed by atoms with van der Waals surface area (Å²) in [7, 11) is -0.469. The lowest BCUT2D eigenvalue weighted by atomic mass is 10.1. The predicted molar refractivity (Wildman–Crippen MR) is 125 cm³/mol. The van der Waals surface area contributed by atoms with Gasteiger partial charge in [0.25, 0.3) is 15.9 Å². The Morgan fingerprint density at radius 2 is 1.84 bits per heavy atom. The molecule has 3 heterocycles. The van der Waals surface area contributed by atoms with Crippen LogP contribution in [-0.2, 0) is 17.1 Å². The van der Waals surface area contributed by atoms with Crippen LogP contribution in [0, 0.1) is 6.92 Å². The van der Waals surface area contributed by atoms with Crippen molar-refractivity contribution in [3.63, 3.8) is 0 Å². The fourth-order valence-corrected chi connectivity index (χ4v) is 5.93. The van der Waals surface area contributed by atoms with Gasteiger partial charge in [-0.15, -0.1) is 11.3 Å². The number of nitrogens with one attached hydrogen (secondary N) is 1. The molecule has 1 aromatic carbocycles. The molecule has 0 radical (unpaired) electrons. The van der Waals surface area contributed by atoms with Crippen LogP contribution in [0.3, 0.4) is 0 Å². The second-order valence-electron chi connectivity index (χ2n) is 7.79. The summed E-state index contributed by atoms with van der Waals surface area (Å²) in [5.74, 6) is 0.651. The second-order valence-corrected chi connectivity index (χ2v) is 10.5. The van der Waals surface area contributed by atoms with Crippen LogP contribution < -0.4 is 9.46 Å². The number of sulfonamides is 1. The molecule has 0 aliphatic carbocycles. The van der Waals surface area contributed by atoms with Crippen molar-refractivity contribution < 1.29 is 17.9 Å². The minimum Gasteiger partial charge on any atom is -0.497 e. The Kier molecular flexibility index (Phi) is 6.25. The summed E-state index contributed by atoms with van der Waals surface area (Å²) in [4.78, 5) is 20.1. The number of likely N-dealkylation sites (tertiary alicyclic amines) is 1. The molecule has 0 unspecified atom stereocenters. The third-order valence-corrected chi connectivity index (χ3v) is 8.00. The molecule has 1 amide bonds. The highest BCUT2D eigenvalue weighted by molar-refractivity contribution is 7.92. The molecule has 0 spiro atoms. The maximum absolute atomic E-state index is 12.9. The zero-order valence-electron chi connectivity index (χ0n) is 18.3. The molecule has 0 saturated carbocycles. The average molecular weight is 475 g/mol. The highest BCUT2D eigenvalue weighted by Gasteiger charge is 2.25. The number of hydrogen-bond donors (Lipinski definition) is 1. The molecule has 0 bridgehead atoms. The van der Waals surface area contributed by atoms with E-state index in [4.69, 9.17) is 4.74 Å². The van der Waals surface area contributed by atoms with Gasteiger partial charge in [-0.2, -0.15) is 0 Å². The maximum atomic E-state index is 12.9. The number of aromatic nitrogens is 2. The van der Waals surface area contributed by atoms with E-state index in [9.17, 15) is 13.2 Å². The van der Waals surface area contributed by atoms with Crippen molar-refractivity contribution in [2.24, 2.45) is 7.05 Å². The molecule has 1 N–H and O–H groups in total. The first-order valence-corrected chi connectivity index (χ1v) is 12.7. The van der Waals surface area contributed by atoms with E-state index in [2.05, 4.69) is 9.71 Å². The summed E-state index contributed by atoms with van der Waals surface area (Å²) in [6.45, 7) is 3.37. The summed E-state index contributed by atoms with van der Waals surface area (Å²) >= 11 is 1.31. The monoisotopic (exact) mass is 474 g/mol. The van der Waals surface area contributed by atoms with Crippen LogP contribution >= 0.6 is 11.3 Å². The van der Waals surface area contributed by atoms with Crippen LogP contribution in [0.1, 0.15) is 34.6 Å². The normalized spacial score (nSPS) is 14.4. The lowest BCUT2D eigenvalue weighted by molar-refractivity contribution is 0.0728. The molecule has 4 rings (SSSR count). The van der Waals surface area contributed by atoms with Crippen molar-refractivity contribution in [1.29, 1.82) is 0 Å². The molecule has 32 heavy (non-hydrogen) atoms. The lowest BCUT2D eigenvalue weighted by Gasteiger charge is -2.26. The molecular weight excluding hydrogens is 448 g/mol. The molecular formula is C22H26N4O4S2. The first-order chi connectivity index (χ1) is 15.3. The quantitative estimate of drug-likeness (QED) is 0.585. The molecule has 1 fully saturated rings. The van der Waals surface area contributed by atoms with Crippen LogP contribution in [0.4, 0.5) is 5.69 Å². The number of thiazole rings is 1. The number of anilines is 1. The summed E-state index contributed by atoms with van der Waals surface area (Å²) in [6, 6.07) is 8.24. The lowest BCUT2D eigenvalue weighted by Crippen LogP contribution is -2.35. The van der Waals surface area contributed by atoms with Crippen LogP contribution in [0.15, 0.2) is 41.4 Å². The average Bonchev–Trinajstić information content (AvgIpc) is 3.37. The van der Waals surface area contributed by atoms with E-state index in [1.807, 2.05) is 11.8 Å². The molecule has 10 heteroatoms. The van der Waals surface area contributed by atoms with Crippen LogP contribution in [-0.4, -0.2) is 49.0 Å². The van der Waals surface area contributed by atoms with E-state index in [0.29, 0.717) is 32.7 Å². The number of carbonyl (C=O) groups excluding carboxylic acids is 1.